The lowest BCUT2D eigenvalue weighted by molar-refractivity contribution is -0.302. The normalized spacial score (nSPS) is 20.1. The Bertz CT molecular complexity index is 1060. The lowest BCUT2D eigenvalue weighted by Gasteiger charge is -2.40. The Balaban J connectivity index is 2.23. The van der Waals surface area contributed by atoms with Gasteiger partial charge in [0.15, 0.2) is 6.29 Å². The van der Waals surface area contributed by atoms with Gasteiger partial charge in [0, 0.05) is 6.42 Å². The molecule has 7 unspecified atom stereocenters. The van der Waals surface area contributed by atoms with Crippen LogP contribution in [-0.2, 0) is 14.3 Å². The van der Waals surface area contributed by atoms with E-state index in [9.17, 15) is 30.3 Å². The number of aliphatic hydroxyl groups excluding tert-OH is 5. The zero-order valence-electron chi connectivity index (χ0n) is 41.8. The van der Waals surface area contributed by atoms with E-state index in [0.717, 1.165) is 51.4 Å². The van der Waals surface area contributed by atoms with E-state index in [-0.39, 0.29) is 12.5 Å². The van der Waals surface area contributed by atoms with Gasteiger partial charge in [0.05, 0.1) is 25.4 Å². The van der Waals surface area contributed by atoms with Crippen LogP contribution in [0.4, 0.5) is 0 Å². The molecule has 1 heterocycles. The van der Waals surface area contributed by atoms with E-state index < -0.39 is 49.5 Å². The zero-order chi connectivity index (χ0) is 46.6. The van der Waals surface area contributed by atoms with Gasteiger partial charge in [-0.1, -0.05) is 237 Å². The molecule has 0 aromatic carbocycles. The second kappa shape index (κ2) is 45.5. The minimum atomic E-state index is -1.55. The molecule has 0 radical (unpaired) electrons. The molecule has 0 aromatic rings. The summed E-state index contributed by atoms with van der Waals surface area (Å²) in [5.41, 5.74) is 0. The third kappa shape index (κ3) is 34.9. The quantitative estimate of drug-likeness (QED) is 0.0261. The first kappa shape index (κ1) is 60.7. The van der Waals surface area contributed by atoms with Crippen LogP contribution in [0.5, 0.6) is 0 Å². The summed E-state index contributed by atoms with van der Waals surface area (Å²) in [6.45, 7) is 3.84. The summed E-state index contributed by atoms with van der Waals surface area (Å²) in [6.07, 6.45) is 49.1. The average molecular weight is 908 g/mol. The lowest BCUT2D eigenvalue weighted by Crippen LogP contribution is -2.60. The summed E-state index contributed by atoms with van der Waals surface area (Å²) >= 11 is 0. The lowest BCUT2D eigenvalue weighted by atomic mass is 9.99. The van der Waals surface area contributed by atoms with Crippen LogP contribution in [-0.4, -0.2) is 87.5 Å². The maximum Gasteiger partial charge on any atom is 0.220 e. The van der Waals surface area contributed by atoms with E-state index in [1.165, 1.54) is 186 Å². The molecule has 9 nitrogen and oxygen atoms in total. The van der Waals surface area contributed by atoms with Gasteiger partial charge in [-0.3, -0.25) is 4.79 Å². The number of nitrogens with one attached hydrogen (secondary N) is 1. The molecule has 1 fully saturated rings. The Labute approximate surface area is 394 Å². The number of aliphatic hydroxyl groups is 5. The SMILES string of the molecule is CCCCCC/C=C\C/C=C\CCCCCCCCCC(=O)NC(COC1OC(CO)C(O)C(O)C1O)C(O)CCCCCCCCCCCCCCCCCCCCCCCCC. The number of unbranched alkanes of at least 4 members (excludes halogenated alkanes) is 33. The minimum Gasteiger partial charge on any atom is -0.394 e. The van der Waals surface area contributed by atoms with Crippen molar-refractivity contribution in [1.82, 2.24) is 5.32 Å². The Kier molecular flexibility index (Phi) is 43.1. The standard InChI is InChI=1S/C55H105NO8/c1-3-5-7-9-11-13-15-17-19-21-23-24-25-26-27-28-30-32-34-36-38-40-42-44-49(58)48(47-63-55-54(62)53(61)52(60)50(46-57)64-55)56-51(59)45-43-41-39-37-35-33-31-29-22-20-18-16-14-12-10-8-6-4-2/h14,16,20,22,48-50,52-55,57-58,60-62H,3-13,15,17-19,21,23-47H2,1-2H3,(H,56,59)/b16-14-,22-20-. The molecule has 6 N–H and O–H groups in total. The summed E-state index contributed by atoms with van der Waals surface area (Å²) in [5.74, 6) is -0.149. The maximum atomic E-state index is 13.0. The highest BCUT2D eigenvalue weighted by Gasteiger charge is 2.44. The number of allylic oxidation sites excluding steroid dienone is 4. The minimum absolute atomic E-state index is 0.139. The average Bonchev–Trinajstić information content (AvgIpc) is 3.29. The monoisotopic (exact) mass is 908 g/mol. The van der Waals surface area contributed by atoms with E-state index in [4.69, 9.17) is 9.47 Å². The number of rotatable bonds is 47. The summed E-state index contributed by atoms with van der Waals surface area (Å²) in [5, 5.41) is 54.6. The Morgan fingerprint density at radius 3 is 1.36 bits per heavy atom. The van der Waals surface area contributed by atoms with Crippen molar-refractivity contribution in [2.75, 3.05) is 13.2 Å². The molecular formula is C55H105NO8. The van der Waals surface area contributed by atoms with Gasteiger partial charge in [-0.2, -0.15) is 0 Å². The molecular weight excluding hydrogens is 803 g/mol. The van der Waals surface area contributed by atoms with Crippen LogP contribution in [0.25, 0.3) is 0 Å². The van der Waals surface area contributed by atoms with Gasteiger partial charge in [-0.05, 0) is 44.9 Å². The molecule has 0 spiro atoms. The van der Waals surface area contributed by atoms with E-state index in [1.54, 1.807) is 0 Å². The molecule has 9 heteroatoms. The molecule has 1 rings (SSSR count). The molecule has 1 aliphatic heterocycles. The first-order chi connectivity index (χ1) is 31.3. The Hall–Kier alpha value is -1.33. The predicted octanol–water partition coefficient (Wildman–Crippen LogP) is 13.0. The van der Waals surface area contributed by atoms with Crippen molar-refractivity contribution >= 4 is 5.91 Å². The van der Waals surface area contributed by atoms with Crippen LogP contribution in [0.15, 0.2) is 24.3 Å². The van der Waals surface area contributed by atoms with Gasteiger partial charge in [-0.15, -0.1) is 0 Å². The van der Waals surface area contributed by atoms with Crippen molar-refractivity contribution in [3.05, 3.63) is 24.3 Å². The number of hydrogen-bond donors (Lipinski definition) is 6. The van der Waals surface area contributed by atoms with Gasteiger partial charge in [0.2, 0.25) is 5.91 Å². The second-order valence-electron chi connectivity index (χ2n) is 19.4. The van der Waals surface area contributed by atoms with E-state index in [1.807, 2.05) is 0 Å². The molecule has 0 aliphatic carbocycles. The van der Waals surface area contributed by atoms with Crippen LogP contribution in [0.1, 0.15) is 264 Å². The third-order valence-corrected chi connectivity index (χ3v) is 13.3. The maximum absolute atomic E-state index is 13.0. The first-order valence-corrected chi connectivity index (χ1v) is 27.5. The van der Waals surface area contributed by atoms with Gasteiger partial charge in [0.25, 0.3) is 0 Å². The number of ether oxygens (including phenoxy) is 2. The zero-order valence-corrected chi connectivity index (χ0v) is 41.8. The highest BCUT2D eigenvalue weighted by molar-refractivity contribution is 5.76. The summed E-state index contributed by atoms with van der Waals surface area (Å²) in [4.78, 5) is 13.0. The molecule has 7 atom stereocenters. The Morgan fingerprint density at radius 1 is 0.531 bits per heavy atom. The van der Waals surface area contributed by atoms with Crippen molar-refractivity contribution in [2.45, 2.75) is 307 Å². The number of carbonyl (C=O) groups is 1. The van der Waals surface area contributed by atoms with Gasteiger partial charge in [0.1, 0.15) is 24.4 Å². The van der Waals surface area contributed by atoms with Crippen LogP contribution >= 0.6 is 0 Å². The predicted molar refractivity (Wildman–Crippen MR) is 267 cm³/mol. The van der Waals surface area contributed by atoms with Crippen molar-refractivity contribution in [1.29, 1.82) is 0 Å². The second-order valence-corrected chi connectivity index (χ2v) is 19.4. The van der Waals surface area contributed by atoms with Crippen molar-refractivity contribution in [2.24, 2.45) is 0 Å². The number of amides is 1. The Morgan fingerprint density at radius 2 is 0.922 bits per heavy atom. The highest BCUT2D eigenvalue weighted by atomic mass is 16.7. The number of hydrogen-bond acceptors (Lipinski definition) is 8. The molecule has 64 heavy (non-hydrogen) atoms. The van der Waals surface area contributed by atoms with Gasteiger partial charge < -0.3 is 40.3 Å². The van der Waals surface area contributed by atoms with Crippen molar-refractivity contribution in [3.8, 4) is 0 Å². The van der Waals surface area contributed by atoms with Gasteiger partial charge in [-0.25, -0.2) is 0 Å². The summed E-state index contributed by atoms with van der Waals surface area (Å²) < 4.78 is 11.3. The fourth-order valence-corrected chi connectivity index (χ4v) is 8.90. The first-order valence-electron chi connectivity index (χ1n) is 27.5. The molecule has 1 saturated heterocycles. The van der Waals surface area contributed by atoms with Crippen LogP contribution in [0, 0.1) is 0 Å². The molecule has 1 aliphatic rings. The summed E-state index contributed by atoms with van der Waals surface area (Å²) in [7, 11) is 0. The largest absolute Gasteiger partial charge is 0.394 e. The van der Waals surface area contributed by atoms with E-state index in [2.05, 4.69) is 43.5 Å². The van der Waals surface area contributed by atoms with Crippen molar-refractivity contribution in [3.63, 3.8) is 0 Å². The van der Waals surface area contributed by atoms with E-state index >= 15 is 0 Å². The molecule has 1 amide bonds. The molecule has 0 bridgehead atoms. The number of carbonyl (C=O) groups excluding carboxylic acids is 1. The van der Waals surface area contributed by atoms with Crippen LogP contribution < -0.4 is 5.32 Å². The molecule has 378 valence electrons. The topological polar surface area (TPSA) is 149 Å². The molecule has 0 saturated carbocycles. The third-order valence-electron chi connectivity index (χ3n) is 13.3. The highest BCUT2D eigenvalue weighted by Crippen LogP contribution is 2.23. The fourth-order valence-electron chi connectivity index (χ4n) is 8.90. The van der Waals surface area contributed by atoms with Crippen LogP contribution in [0.3, 0.4) is 0 Å². The molecule has 0 aromatic heterocycles. The van der Waals surface area contributed by atoms with Crippen molar-refractivity contribution < 1.29 is 39.8 Å². The van der Waals surface area contributed by atoms with E-state index in [0.29, 0.717) is 12.8 Å². The summed E-state index contributed by atoms with van der Waals surface area (Å²) in [6, 6.07) is -0.722. The smallest absolute Gasteiger partial charge is 0.220 e. The van der Waals surface area contributed by atoms with Gasteiger partial charge >= 0.3 is 0 Å². The van der Waals surface area contributed by atoms with Crippen LogP contribution in [0.2, 0.25) is 0 Å². The fraction of sp³-hybridized carbons (Fsp3) is 0.909.